The van der Waals surface area contributed by atoms with Crippen LogP contribution in [-0.2, 0) is 19.1 Å². The van der Waals surface area contributed by atoms with Crippen molar-refractivity contribution in [2.24, 2.45) is 0 Å². The lowest BCUT2D eigenvalue weighted by Crippen LogP contribution is -2.13. The van der Waals surface area contributed by atoms with Crippen LogP contribution in [-0.4, -0.2) is 14.8 Å². The van der Waals surface area contributed by atoms with E-state index >= 15 is 0 Å². The second-order valence-electron chi connectivity index (χ2n) is 5.95. The van der Waals surface area contributed by atoms with Gasteiger partial charge in [0.05, 0.1) is 17.2 Å². The Morgan fingerprint density at radius 1 is 1.04 bits per heavy atom. The Balaban J connectivity index is 1.84. The third-order valence-corrected chi connectivity index (χ3v) is 4.15. The number of halogens is 3. The molecule has 2 aromatic carbocycles. The van der Waals surface area contributed by atoms with Crippen molar-refractivity contribution in [2.45, 2.75) is 25.1 Å². The summed E-state index contributed by atoms with van der Waals surface area (Å²) in [5.41, 5.74) is 1.68. The number of nitrogens with zero attached hydrogens (tertiary/aromatic N) is 4. The lowest BCUT2D eigenvalue weighted by molar-refractivity contribution is -0.137. The van der Waals surface area contributed by atoms with Gasteiger partial charge in [-0.1, -0.05) is 24.3 Å². The Morgan fingerprint density at radius 3 is 2.27 bits per heavy atom. The summed E-state index contributed by atoms with van der Waals surface area (Å²) in [6, 6.07) is 14.5. The molecule has 0 N–H and O–H groups in total. The molecule has 0 amide bonds. The van der Waals surface area contributed by atoms with E-state index < -0.39 is 11.7 Å². The Kier molecular flexibility index (Phi) is 5.03. The standard InChI is InChI=1S/C19H15F3N4/c20-19(21,22)18-7-3-14(4-8-18)9-17(11-26-13-24-12-25-26)16-5-1-15(10-23)2-6-16/h1-8,12-13,17H,9,11H2. The molecule has 7 heteroatoms. The minimum absolute atomic E-state index is 0.0128. The maximum atomic E-state index is 12.7. The van der Waals surface area contributed by atoms with Crippen molar-refractivity contribution < 1.29 is 13.2 Å². The average Bonchev–Trinajstić information content (AvgIpc) is 3.14. The van der Waals surface area contributed by atoms with Gasteiger partial charge in [0.1, 0.15) is 12.7 Å². The SMILES string of the molecule is N#Cc1ccc(C(Cc2ccc(C(F)(F)F)cc2)Cn2cncn2)cc1. The minimum atomic E-state index is -4.34. The van der Waals surface area contributed by atoms with Gasteiger partial charge in [-0.15, -0.1) is 0 Å². The van der Waals surface area contributed by atoms with Gasteiger partial charge in [-0.25, -0.2) is 4.98 Å². The molecule has 0 aliphatic carbocycles. The van der Waals surface area contributed by atoms with Gasteiger partial charge in [0.2, 0.25) is 0 Å². The van der Waals surface area contributed by atoms with E-state index in [1.165, 1.54) is 18.5 Å². The number of nitriles is 1. The molecule has 0 bridgehead atoms. The van der Waals surface area contributed by atoms with Gasteiger partial charge in [0.25, 0.3) is 0 Å². The Morgan fingerprint density at radius 2 is 1.73 bits per heavy atom. The van der Waals surface area contributed by atoms with Crippen molar-refractivity contribution in [3.05, 3.63) is 83.4 Å². The highest BCUT2D eigenvalue weighted by Gasteiger charge is 2.30. The summed E-state index contributed by atoms with van der Waals surface area (Å²) in [6.45, 7) is 0.535. The summed E-state index contributed by atoms with van der Waals surface area (Å²) in [6.07, 6.45) is -0.757. The van der Waals surface area contributed by atoms with Crippen LogP contribution in [0.15, 0.2) is 61.2 Å². The van der Waals surface area contributed by atoms with E-state index in [0.717, 1.165) is 23.3 Å². The van der Waals surface area contributed by atoms with E-state index in [9.17, 15) is 13.2 Å². The van der Waals surface area contributed by atoms with Gasteiger partial charge < -0.3 is 0 Å². The fraction of sp³-hybridized carbons (Fsp3) is 0.211. The highest BCUT2D eigenvalue weighted by Crippen LogP contribution is 2.30. The van der Waals surface area contributed by atoms with Crippen LogP contribution in [0.5, 0.6) is 0 Å². The molecule has 0 aliphatic heterocycles. The van der Waals surface area contributed by atoms with Crippen molar-refractivity contribution in [1.82, 2.24) is 14.8 Å². The lowest BCUT2D eigenvalue weighted by atomic mass is 9.91. The number of hydrogen-bond acceptors (Lipinski definition) is 3. The summed E-state index contributed by atoms with van der Waals surface area (Å²) < 4.78 is 39.9. The number of rotatable bonds is 5. The highest BCUT2D eigenvalue weighted by molar-refractivity contribution is 5.34. The Labute approximate surface area is 148 Å². The average molecular weight is 356 g/mol. The van der Waals surface area contributed by atoms with Gasteiger partial charge in [-0.3, -0.25) is 4.68 Å². The zero-order chi connectivity index (χ0) is 18.6. The molecule has 3 aromatic rings. The molecule has 1 heterocycles. The molecule has 4 nitrogen and oxygen atoms in total. The molecule has 132 valence electrons. The fourth-order valence-corrected chi connectivity index (χ4v) is 2.78. The summed E-state index contributed by atoms with van der Waals surface area (Å²) >= 11 is 0. The molecule has 1 aromatic heterocycles. The summed E-state index contributed by atoms with van der Waals surface area (Å²) in [7, 11) is 0. The van der Waals surface area contributed by atoms with Gasteiger partial charge >= 0.3 is 6.18 Å². The Hall–Kier alpha value is -3.14. The number of alkyl halides is 3. The highest BCUT2D eigenvalue weighted by atomic mass is 19.4. The van der Waals surface area contributed by atoms with E-state index in [4.69, 9.17) is 5.26 Å². The molecule has 1 atom stereocenters. The van der Waals surface area contributed by atoms with Crippen LogP contribution in [0, 0.1) is 11.3 Å². The van der Waals surface area contributed by atoms with Crippen LogP contribution in [0.25, 0.3) is 0 Å². The maximum Gasteiger partial charge on any atom is 0.416 e. The van der Waals surface area contributed by atoms with Crippen LogP contribution in [0.1, 0.15) is 28.2 Å². The van der Waals surface area contributed by atoms with E-state index in [0.29, 0.717) is 18.5 Å². The number of aromatic nitrogens is 3. The van der Waals surface area contributed by atoms with Gasteiger partial charge in [0, 0.05) is 12.5 Å². The molecule has 0 saturated carbocycles. The van der Waals surface area contributed by atoms with Gasteiger partial charge in [-0.2, -0.15) is 23.5 Å². The molecular weight excluding hydrogens is 341 g/mol. The molecule has 0 saturated heterocycles. The molecular formula is C19H15F3N4. The molecule has 1 unspecified atom stereocenters. The molecule has 0 spiro atoms. The molecule has 3 rings (SSSR count). The third kappa shape index (κ3) is 4.28. The lowest BCUT2D eigenvalue weighted by Gasteiger charge is -2.18. The van der Waals surface area contributed by atoms with Crippen LogP contribution in [0.4, 0.5) is 13.2 Å². The van der Waals surface area contributed by atoms with Crippen LogP contribution < -0.4 is 0 Å². The predicted molar refractivity (Wildman–Crippen MR) is 89.1 cm³/mol. The topological polar surface area (TPSA) is 54.5 Å². The largest absolute Gasteiger partial charge is 0.416 e. The van der Waals surface area contributed by atoms with E-state index in [1.807, 2.05) is 12.1 Å². The smallest absolute Gasteiger partial charge is 0.252 e. The molecule has 26 heavy (non-hydrogen) atoms. The normalized spacial score (nSPS) is 12.5. The summed E-state index contributed by atoms with van der Waals surface area (Å²) in [5, 5.41) is 13.0. The molecule has 0 fully saturated rings. The predicted octanol–water partition coefficient (Wildman–Crippen LogP) is 4.20. The van der Waals surface area contributed by atoms with Crippen molar-refractivity contribution >= 4 is 0 Å². The first-order valence-electron chi connectivity index (χ1n) is 7.94. The van der Waals surface area contributed by atoms with Crippen LogP contribution in [0.3, 0.4) is 0 Å². The third-order valence-electron chi connectivity index (χ3n) is 4.15. The van der Waals surface area contributed by atoms with E-state index in [2.05, 4.69) is 16.2 Å². The van der Waals surface area contributed by atoms with Crippen LogP contribution >= 0.6 is 0 Å². The molecule has 0 radical (unpaired) electrons. The van der Waals surface area contributed by atoms with Gasteiger partial charge in [0.15, 0.2) is 0 Å². The quantitative estimate of drug-likeness (QED) is 0.689. The fourth-order valence-electron chi connectivity index (χ4n) is 2.78. The van der Waals surface area contributed by atoms with Gasteiger partial charge in [-0.05, 0) is 41.8 Å². The second-order valence-corrected chi connectivity index (χ2v) is 5.95. The van der Waals surface area contributed by atoms with Crippen molar-refractivity contribution in [3.8, 4) is 6.07 Å². The van der Waals surface area contributed by atoms with Crippen molar-refractivity contribution in [3.63, 3.8) is 0 Å². The molecule has 0 aliphatic rings. The second kappa shape index (κ2) is 7.40. The monoisotopic (exact) mass is 356 g/mol. The first kappa shape index (κ1) is 17.7. The van der Waals surface area contributed by atoms with Crippen molar-refractivity contribution in [1.29, 1.82) is 5.26 Å². The summed E-state index contributed by atoms with van der Waals surface area (Å²) in [4.78, 5) is 3.93. The van der Waals surface area contributed by atoms with E-state index in [-0.39, 0.29) is 5.92 Å². The Bertz CT molecular complexity index is 877. The number of benzene rings is 2. The maximum absolute atomic E-state index is 12.7. The zero-order valence-electron chi connectivity index (χ0n) is 13.7. The van der Waals surface area contributed by atoms with Crippen LogP contribution in [0.2, 0.25) is 0 Å². The minimum Gasteiger partial charge on any atom is -0.252 e. The first-order chi connectivity index (χ1) is 12.5. The zero-order valence-corrected chi connectivity index (χ0v) is 13.7. The van der Waals surface area contributed by atoms with E-state index in [1.54, 1.807) is 23.1 Å². The summed E-state index contributed by atoms with van der Waals surface area (Å²) in [5.74, 6) is -0.0128. The number of hydrogen-bond donors (Lipinski definition) is 0. The first-order valence-corrected chi connectivity index (χ1v) is 7.94. The van der Waals surface area contributed by atoms with Crippen molar-refractivity contribution in [2.75, 3.05) is 0 Å².